The topological polar surface area (TPSA) is 114 Å². The summed E-state index contributed by atoms with van der Waals surface area (Å²) < 4.78 is 25.6. The number of hydrogen-bond donors (Lipinski definition) is 2. The Hall–Kier alpha value is -0.490. The van der Waals surface area contributed by atoms with E-state index in [1.54, 1.807) is 12.5 Å². The summed E-state index contributed by atoms with van der Waals surface area (Å²) >= 11 is 14.0. The average Bonchev–Trinajstić information content (AvgIpc) is 2.44. The van der Waals surface area contributed by atoms with E-state index in [9.17, 15) is 13.2 Å². The lowest BCUT2D eigenvalue weighted by Gasteiger charge is -2.18. The zero-order chi connectivity index (χ0) is 17.7. The van der Waals surface area contributed by atoms with Gasteiger partial charge >= 0.3 is 6.03 Å². The Morgan fingerprint density at radius 3 is 2.17 bits per heavy atom. The van der Waals surface area contributed by atoms with Gasteiger partial charge in [-0.05, 0) is 19.4 Å². The van der Waals surface area contributed by atoms with Gasteiger partial charge in [0.1, 0.15) is 0 Å². The minimum Gasteiger partial charge on any atom is -0.275 e. The molecule has 0 saturated heterocycles. The van der Waals surface area contributed by atoms with Crippen LogP contribution in [0.25, 0.3) is 0 Å². The van der Waals surface area contributed by atoms with Crippen LogP contribution in [0.4, 0.5) is 10.7 Å². The van der Waals surface area contributed by atoms with Gasteiger partial charge in [-0.2, -0.15) is 15.0 Å². The Labute approximate surface area is 153 Å². The van der Waals surface area contributed by atoms with E-state index in [-0.39, 0.29) is 11.8 Å². The van der Waals surface area contributed by atoms with Crippen molar-refractivity contribution < 1.29 is 13.2 Å². The second-order valence-corrected chi connectivity index (χ2v) is 8.94. The Kier molecular flexibility index (Phi) is 7.65. The smallest absolute Gasteiger partial charge is 0.275 e. The highest BCUT2D eigenvalue weighted by atomic mass is 35.5. The number of halogens is 2. The molecule has 0 aliphatic carbocycles. The first-order valence-corrected chi connectivity index (χ1v) is 11.0. The van der Waals surface area contributed by atoms with E-state index < -0.39 is 26.7 Å². The second kappa shape index (κ2) is 8.56. The Morgan fingerprint density at radius 2 is 1.74 bits per heavy atom. The van der Waals surface area contributed by atoms with Crippen LogP contribution in [0.1, 0.15) is 6.92 Å². The van der Waals surface area contributed by atoms with E-state index in [0.717, 1.165) is 0 Å². The van der Waals surface area contributed by atoms with Crippen LogP contribution in [0.15, 0.2) is 10.3 Å². The van der Waals surface area contributed by atoms with Gasteiger partial charge in [0.25, 0.3) is 0 Å². The molecule has 0 aliphatic rings. The van der Waals surface area contributed by atoms with Crippen LogP contribution in [0.3, 0.4) is 0 Å². The van der Waals surface area contributed by atoms with Gasteiger partial charge in [-0.1, -0.05) is 23.5 Å². The quantitative estimate of drug-likeness (QED) is 0.509. The van der Waals surface area contributed by atoms with Crippen LogP contribution >= 0.6 is 46.7 Å². The lowest BCUT2D eigenvalue weighted by Crippen LogP contribution is -2.42. The number of carbonyl (C=O) groups excluding carboxylic acids is 1. The van der Waals surface area contributed by atoms with E-state index >= 15 is 0 Å². The minimum absolute atomic E-state index is 0.0487. The number of sulfonamides is 1. The molecule has 1 rings (SSSR count). The molecule has 13 heteroatoms. The maximum Gasteiger partial charge on any atom is 0.335 e. The van der Waals surface area contributed by atoms with Crippen LogP contribution in [0, 0.1) is 0 Å². The van der Waals surface area contributed by atoms with Gasteiger partial charge in [0.15, 0.2) is 10.3 Å². The molecule has 1 aromatic heterocycles. The molecule has 1 heterocycles. The first kappa shape index (κ1) is 20.6. The molecule has 1 unspecified atom stereocenters. The van der Waals surface area contributed by atoms with Crippen molar-refractivity contribution in [2.45, 2.75) is 22.1 Å². The molecule has 0 saturated carbocycles. The molecule has 8 nitrogen and oxygen atoms in total. The van der Waals surface area contributed by atoms with Crippen molar-refractivity contribution in [2.24, 2.45) is 0 Å². The van der Waals surface area contributed by atoms with Crippen LogP contribution in [0.2, 0.25) is 0 Å². The highest BCUT2D eigenvalue weighted by molar-refractivity contribution is 7.99. The zero-order valence-electron chi connectivity index (χ0n) is 12.5. The third kappa shape index (κ3) is 7.29. The van der Waals surface area contributed by atoms with E-state index in [4.69, 9.17) is 23.2 Å². The molecule has 1 atom stereocenters. The van der Waals surface area contributed by atoms with Crippen LogP contribution in [-0.2, 0) is 10.0 Å². The molecular formula is C10H15Cl2N5O3S3. The molecule has 0 bridgehead atoms. The summed E-state index contributed by atoms with van der Waals surface area (Å²) in [6, 6.07) is -0.989. The van der Waals surface area contributed by atoms with E-state index in [1.807, 2.05) is 4.72 Å². The molecule has 23 heavy (non-hydrogen) atoms. The van der Waals surface area contributed by atoms with Crippen molar-refractivity contribution in [1.82, 2.24) is 19.7 Å². The Bertz CT molecular complexity index is 649. The van der Waals surface area contributed by atoms with Gasteiger partial charge in [0.05, 0.1) is 10.6 Å². The number of alkyl halides is 2. The number of rotatable bonds is 7. The normalized spacial score (nSPS) is 14.1. The van der Waals surface area contributed by atoms with E-state index in [2.05, 4.69) is 20.3 Å². The van der Waals surface area contributed by atoms with Crippen molar-refractivity contribution in [3.8, 4) is 0 Å². The van der Waals surface area contributed by atoms with Gasteiger partial charge < -0.3 is 0 Å². The fraction of sp³-hybridized carbons (Fsp3) is 0.600. The van der Waals surface area contributed by atoms with Crippen molar-refractivity contribution in [3.05, 3.63) is 0 Å². The molecular weight excluding hydrogens is 405 g/mol. The first-order chi connectivity index (χ1) is 10.6. The number of carbonyl (C=O) groups is 1. The molecule has 0 aliphatic heterocycles. The van der Waals surface area contributed by atoms with Gasteiger partial charge in [-0.25, -0.2) is 17.9 Å². The maximum atomic E-state index is 11.9. The lowest BCUT2D eigenvalue weighted by atomic mass is 10.2. The van der Waals surface area contributed by atoms with Gasteiger partial charge in [0, 0.05) is 5.88 Å². The fourth-order valence-corrected chi connectivity index (χ4v) is 4.02. The molecule has 130 valence electrons. The van der Waals surface area contributed by atoms with E-state index in [0.29, 0.717) is 10.3 Å². The summed E-state index contributed by atoms with van der Waals surface area (Å²) in [6.07, 6.45) is 3.53. The van der Waals surface area contributed by atoms with Crippen molar-refractivity contribution in [1.29, 1.82) is 0 Å². The summed E-state index contributed by atoms with van der Waals surface area (Å²) in [5, 5.41) is 3.06. The molecule has 0 aromatic carbocycles. The largest absolute Gasteiger partial charge is 0.335 e. The predicted molar refractivity (Wildman–Crippen MR) is 94.3 cm³/mol. The first-order valence-electron chi connectivity index (χ1n) is 6.01. The molecule has 0 spiro atoms. The van der Waals surface area contributed by atoms with Crippen molar-refractivity contribution in [3.63, 3.8) is 0 Å². The number of anilines is 1. The monoisotopic (exact) mass is 419 g/mol. The van der Waals surface area contributed by atoms with Crippen molar-refractivity contribution >= 4 is 68.7 Å². The fourth-order valence-electron chi connectivity index (χ4n) is 1.32. The summed E-state index contributed by atoms with van der Waals surface area (Å²) in [7, 11) is -3.96. The molecule has 2 amide bonds. The van der Waals surface area contributed by atoms with Crippen LogP contribution in [0.5, 0.6) is 0 Å². The summed E-state index contributed by atoms with van der Waals surface area (Å²) in [5.74, 6) is -0.645. The Balaban J connectivity index is 2.81. The number of urea groups is 1. The average molecular weight is 420 g/mol. The Morgan fingerprint density at radius 1 is 1.22 bits per heavy atom. The third-order valence-electron chi connectivity index (χ3n) is 2.20. The van der Waals surface area contributed by atoms with Crippen LogP contribution < -0.4 is 10.0 Å². The SMILES string of the molecule is CSc1nc(NC(=O)NS(=O)(=O)CC(C)(Cl)CCl)nc(SC)n1. The molecule has 1 aromatic rings. The molecule has 2 N–H and O–H groups in total. The number of nitrogens with one attached hydrogen (secondary N) is 2. The third-order valence-corrected chi connectivity index (χ3v) is 5.96. The number of aromatic nitrogens is 3. The predicted octanol–water partition coefficient (Wildman–Crippen LogP) is 2.00. The van der Waals surface area contributed by atoms with Gasteiger partial charge in [0.2, 0.25) is 16.0 Å². The molecule has 0 fully saturated rings. The summed E-state index contributed by atoms with van der Waals surface area (Å²) in [5.41, 5.74) is 0. The van der Waals surface area contributed by atoms with Gasteiger partial charge in [-0.3, -0.25) is 5.32 Å². The summed E-state index contributed by atoms with van der Waals surface area (Å²) in [4.78, 5) is 22.7. The minimum atomic E-state index is -3.96. The lowest BCUT2D eigenvalue weighted by molar-refractivity contribution is 0.256. The van der Waals surface area contributed by atoms with Gasteiger partial charge in [-0.15, -0.1) is 23.2 Å². The highest BCUT2D eigenvalue weighted by Crippen LogP contribution is 2.19. The zero-order valence-corrected chi connectivity index (χ0v) is 16.4. The van der Waals surface area contributed by atoms with Crippen molar-refractivity contribution in [2.75, 3.05) is 29.5 Å². The maximum absolute atomic E-state index is 11.9. The number of thioether (sulfide) groups is 2. The molecule has 0 radical (unpaired) electrons. The van der Waals surface area contributed by atoms with E-state index in [1.165, 1.54) is 30.4 Å². The number of amides is 2. The number of hydrogen-bond acceptors (Lipinski definition) is 8. The second-order valence-electron chi connectivity index (χ2n) is 4.49. The van der Waals surface area contributed by atoms with Crippen LogP contribution in [-0.4, -0.2) is 58.4 Å². The summed E-state index contributed by atoms with van der Waals surface area (Å²) in [6.45, 7) is 1.46. The number of nitrogens with zero attached hydrogens (tertiary/aromatic N) is 3. The highest BCUT2D eigenvalue weighted by Gasteiger charge is 2.29. The standard InChI is InChI=1S/C10H15Cl2N5O3S3/c1-10(12,4-11)5-23(19,20)17-7(18)13-6-14-8(21-2)16-9(15-6)22-3/h4-5H2,1-3H3,(H2,13,14,15,16,17,18).